The van der Waals surface area contributed by atoms with Gasteiger partial charge in [0, 0.05) is 11.9 Å². The lowest BCUT2D eigenvalue weighted by Crippen LogP contribution is -2.01. The normalized spacial score (nSPS) is 10.8. The molecule has 3 aromatic rings. The van der Waals surface area contributed by atoms with E-state index in [-0.39, 0.29) is 0 Å². The second-order valence-corrected chi connectivity index (χ2v) is 5.98. The average Bonchev–Trinajstić information content (AvgIpc) is 2.77. The van der Waals surface area contributed by atoms with Crippen molar-refractivity contribution < 1.29 is 0 Å². The zero-order chi connectivity index (χ0) is 15.7. The molecule has 0 aliphatic carbocycles. The van der Waals surface area contributed by atoms with Crippen LogP contribution >= 0.6 is 11.6 Å². The van der Waals surface area contributed by atoms with Crippen LogP contribution in [-0.2, 0) is 13.0 Å². The largest absolute Gasteiger partial charge is 0.330 e. The van der Waals surface area contributed by atoms with Crippen molar-refractivity contribution in [1.82, 2.24) is 4.57 Å². The first kappa shape index (κ1) is 14.7. The number of aromatic nitrogens is 1. The Morgan fingerprint density at radius 3 is 2.45 bits per heavy atom. The fourth-order valence-electron chi connectivity index (χ4n) is 2.79. The summed E-state index contributed by atoms with van der Waals surface area (Å²) in [6.07, 6.45) is 0.891. The van der Waals surface area contributed by atoms with Crippen LogP contribution in [0.1, 0.15) is 22.3 Å². The van der Waals surface area contributed by atoms with Crippen molar-refractivity contribution in [2.45, 2.75) is 26.8 Å². The molecule has 0 saturated carbocycles. The van der Waals surface area contributed by atoms with Crippen LogP contribution in [0.3, 0.4) is 0 Å². The quantitative estimate of drug-likeness (QED) is 0.667. The molecule has 2 aromatic carbocycles. The highest BCUT2D eigenvalue weighted by Gasteiger charge is 2.16. The Kier molecular flexibility index (Phi) is 3.92. The Balaban J connectivity index is 2.07. The summed E-state index contributed by atoms with van der Waals surface area (Å²) >= 11 is 6.46. The number of aryl methyl sites for hydroxylation is 4. The molecular formula is C19H17ClN2. The van der Waals surface area contributed by atoms with E-state index in [9.17, 15) is 5.26 Å². The fourth-order valence-corrected chi connectivity index (χ4v) is 3.11. The standard InChI is InChI=1S/C19H17ClN2/c1-13-10-16-17(12-21)19(20)22(18(16)11-14(13)2)9-8-15-6-4-3-5-7-15/h3-7,10-11H,8-9H2,1-2H3. The van der Waals surface area contributed by atoms with E-state index in [1.807, 2.05) is 18.2 Å². The predicted molar refractivity (Wildman–Crippen MR) is 91.3 cm³/mol. The van der Waals surface area contributed by atoms with Crippen LogP contribution in [0.2, 0.25) is 5.15 Å². The van der Waals surface area contributed by atoms with E-state index in [1.54, 1.807) is 0 Å². The lowest BCUT2D eigenvalue weighted by Gasteiger charge is -2.08. The molecule has 0 N–H and O–H groups in total. The van der Waals surface area contributed by atoms with E-state index in [1.165, 1.54) is 16.7 Å². The summed E-state index contributed by atoms with van der Waals surface area (Å²) in [4.78, 5) is 0. The van der Waals surface area contributed by atoms with Gasteiger partial charge in [0.1, 0.15) is 11.2 Å². The Bertz CT molecular complexity index is 870. The molecule has 22 heavy (non-hydrogen) atoms. The summed E-state index contributed by atoms with van der Waals surface area (Å²) in [6, 6.07) is 16.8. The van der Waals surface area contributed by atoms with Gasteiger partial charge in [0.25, 0.3) is 0 Å². The van der Waals surface area contributed by atoms with Crippen molar-refractivity contribution in [2.75, 3.05) is 0 Å². The number of benzene rings is 2. The molecule has 0 atom stereocenters. The minimum Gasteiger partial charge on any atom is -0.330 e. The van der Waals surface area contributed by atoms with E-state index >= 15 is 0 Å². The molecule has 1 heterocycles. The number of hydrogen-bond acceptors (Lipinski definition) is 1. The Hall–Kier alpha value is -2.24. The molecule has 0 bridgehead atoms. The third kappa shape index (κ3) is 2.49. The van der Waals surface area contributed by atoms with Gasteiger partial charge in [-0.25, -0.2) is 0 Å². The van der Waals surface area contributed by atoms with E-state index in [0.29, 0.717) is 10.7 Å². The third-order valence-electron chi connectivity index (χ3n) is 4.19. The maximum absolute atomic E-state index is 9.43. The molecule has 0 radical (unpaired) electrons. The van der Waals surface area contributed by atoms with Crippen LogP contribution < -0.4 is 0 Å². The van der Waals surface area contributed by atoms with Crippen LogP contribution in [0, 0.1) is 25.2 Å². The molecule has 0 spiro atoms. The average molecular weight is 309 g/mol. The van der Waals surface area contributed by atoms with E-state index in [2.05, 4.69) is 48.7 Å². The molecule has 0 saturated heterocycles. The smallest absolute Gasteiger partial charge is 0.128 e. The molecule has 0 fully saturated rings. The molecular weight excluding hydrogens is 292 g/mol. The maximum atomic E-state index is 9.43. The zero-order valence-corrected chi connectivity index (χ0v) is 13.5. The second kappa shape index (κ2) is 5.87. The van der Waals surface area contributed by atoms with Crippen LogP contribution in [0.15, 0.2) is 42.5 Å². The summed E-state index contributed by atoms with van der Waals surface area (Å²) in [7, 11) is 0. The lowest BCUT2D eigenvalue weighted by molar-refractivity contribution is 0.723. The van der Waals surface area contributed by atoms with Gasteiger partial charge in [0.2, 0.25) is 0 Å². The summed E-state index contributed by atoms with van der Waals surface area (Å²) in [6.45, 7) is 4.91. The van der Waals surface area contributed by atoms with Crippen molar-refractivity contribution in [3.05, 3.63) is 69.9 Å². The fraction of sp³-hybridized carbons (Fsp3) is 0.211. The third-order valence-corrected chi connectivity index (χ3v) is 4.59. The zero-order valence-electron chi connectivity index (χ0n) is 12.7. The highest BCUT2D eigenvalue weighted by Crippen LogP contribution is 2.31. The minimum atomic E-state index is 0.540. The number of halogens is 1. The van der Waals surface area contributed by atoms with Gasteiger partial charge in [0.15, 0.2) is 0 Å². The van der Waals surface area contributed by atoms with Gasteiger partial charge in [0.05, 0.1) is 11.1 Å². The molecule has 3 rings (SSSR count). The molecule has 1 aromatic heterocycles. The number of hydrogen-bond donors (Lipinski definition) is 0. The highest BCUT2D eigenvalue weighted by molar-refractivity contribution is 6.32. The molecule has 3 heteroatoms. The molecule has 110 valence electrons. The number of fused-ring (bicyclic) bond motifs is 1. The Labute approximate surface area is 135 Å². The summed E-state index contributed by atoms with van der Waals surface area (Å²) in [5, 5.41) is 10.9. The van der Waals surface area contributed by atoms with Gasteiger partial charge in [-0.2, -0.15) is 5.26 Å². The van der Waals surface area contributed by atoms with Crippen molar-refractivity contribution in [3.8, 4) is 6.07 Å². The van der Waals surface area contributed by atoms with Crippen LogP contribution in [0.4, 0.5) is 0 Å². The molecule has 0 unspecified atom stereocenters. The van der Waals surface area contributed by atoms with Crippen molar-refractivity contribution in [2.24, 2.45) is 0 Å². The van der Waals surface area contributed by atoms with Crippen LogP contribution in [-0.4, -0.2) is 4.57 Å². The molecule has 2 nitrogen and oxygen atoms in total. The number of rotatable bonds is 3. The minimum absolute atomic E-state index is 0.540. The maximum Gasteiger partial charge on any atom is 0.128 e. The first-order valence-electron chi connectivity index (χ1n) is 7.34. The first-order valence-corrected chi connectivity index (χ1v) is 7.72. The Morgan fingerprint density at radius 1 is 1.09 bits per heavy atom. The van der Waals surface area contributed by atoms with E-state index in [0.717, 1.165) is 23.9 Å². The van der Waals surface area contributed by atoms with Gasteiger partial charge >= 0.3 is 0 Å². The SMILES string of the molecule is Cc1cc2c(C#N)c(Cl)n(CCc3ccccc3)c2cc1C. The lowest BCUT2D eigenvalue weighted by atomic mass is 10.1. The summed E-state index contributed by atoms with van der Waals surface area (Å²) in [5.74, 6) is 0. The van der Waals surface area contributed by atoms with E-state index in [4.69, 9.17) is 11.6 Å². The van der Waals surface area contributed by atoms with Crippen LogP contribution in [0.5, 0.6) is 0 Å². The summed E-state index contributed by atoms with van der Waals surface area (Å²) in [5.41, 5.74) is 5.28. The molecule has 0 amide bonds. The molecule has 0 aliphatic rings. The topological polar surface area (TPSA) is 28.7 Å². The number of nitriles is 1. The van der Waals surface area contributed by atoms with Crippen LogP contribution in [0.25, 0.3) is 10.9 Å². The summed E-state index contributed by atoms with van der Waals surface area (Å²) < 4.78 is 2.05. The van der Waals surface area contributed by atoms with Gasteiger partial charge in [-0.1, -0.05) is 41.9 Å². The van der Waals surface area contributed by atoms with Gasteiger partial charge in [-0.3, -0.25) is 0 Å². The monoisotopic (exact) mass is 308 g/mol. The highest BCUT2D eigenvalue weighted by atomic mass is 35.5. The van der Waals surface area contributed by atoms with Gasteiger partial charge < -0.3 is 4.57 Å². The first-order chi connectivity index (χ1) is 10.6. The second-order valence-electron chi connectivity index (χ2n) is 5.62. The predicted octanol–water partition coefficient (Wildman–Crippen LogP) is 5.03. The van der Waals surface area contributed by atoms with Crippen molar-refractivity contribution in [1.29, 1.82) is 5.26 Å². The van der Waals surface area contributed by atoms with E-state index < -0.39 is 0 Å². The number of nitrogens with zero attached hydrogens (tertiary/aromatic N) is 2. The molecule has 0 aliphatic heterocycles. The van der Waals surface area contributed by atoms with Crippen molar-refractivity contribution in [3.63, 3.8) is 0 Å². The Morgan fingerprint density at radius 2 is 1.77 bits per heavy atom. The van der Waals surface area contributed by atoms with Crippen molar-refractivity contribution >= 4 is 22.5 Å². The van der Waals surface area contributed by atoms with Gasteiger partial charge in [-0.15, -0.1) is 0 Å². The van der Waals surface area contributed by atoms with Gasteiger partial charge in [-0.05, 0) is 49.1 Å².